The Hall–Kier alpha value is -3.15. The number of hydrogen-bond donors (Lipinski definition) is 2. The van der Waals surface area contributed by atoms with Gasteiger partial charge in [-0.15, -0.1) is 0 Å². The number of anilines is 1. The van der Waals surface area contributed by atoms with E-state index in [1.807, 2.05) is 48.1 Å². The Labute approximate surface area is 159 Å². The molecule has 3 rings (SSSR count). The van der Waals surface area contributed by atoms with Crippen LogP contribution in [0.5, 0.6) is 0 Å². The van der Waals surface area contributed by atoms with Gasteiger partial charge in [-0.2, -0.15) is 0 Å². The SMILES string of the molecule is Cc1cccc(CCC(=O)NCCNc2cc(-n3cccc3)nc(C)n2)c1. The Balaban J connectivity index is 1.43. The number of carbonyl (C=O) groups excluding carboxylic acids is 1. The first-order valence-corrected chi connectivity index (χ1v) is 9.15. The summed E-state index contributed by atoms with van der Waals surface area (Å²) in [7, 11) is 0. The number of amides is 1. The molecule has 140 valence electrons. The lowest BCUT2D eigenvalue weighted by Crippen LogP contribution is -2.29. The van der Waals surface area contributed by atoms with Gasteiger partial charge in [0, 0.05) is 38.0 Å². The highest BCUT2D eigenvalue weighted by molar-refractivity contribution is 5.76. The highest BCUT2D eigenvalue weighted by Gasteiger charge is 2.04. The van der Waals surface area contributed by atoms with E-state index in [2.05, 4.69) is 45.7 Å². The quantitative estimate of drug-likeness (QED) is 0.604. The van der Waals surface area contributed by atoms with Gasteiger partial charge in [0.05, 0.1) is 0 Å². The van der Waals surface area contributed by atoms with Crippen molar-refractivity contribution < 1.29 is 4.79 Å². The zero-order chi connectivity index (χ0) is 19.1. The fraction of sp³-hybridized carbons (Fsp3) is 0.286. The number of aryl methyl sites for hydroxylation is 3. The molecule has 6 heteroatoms. The fourth-order valence-electron chi connectivity index (χ4n) is 2.87. The molecule has 0 saturated carbocycles. The molecular formula is C21H25N5O. The fourth-order valence-corrected chi connectivity index (χ4v) is 2.87. The Bertz CT molecular complexity index is 889. The molecule has 0 aliphatic carbocycles. The molecule has 2 N–H and O–H groups in total. The molecular weight excluding hydrogens is 338 g/mol. The Morgan fingerprint density at radius 1 is 1.04 bits per heavy atom. The predicted molar refractivity (Wildman–Crippen MR) is 107 cm³/mol. The van der Waals surface area contributed by atoms with Crippen molar-refractivity contribution in [2.24, 2.45) is 0 Å². The van der Waals surface area contributed by atoms with E-state index in [-0.39, 0.29) is 5.91 Å². The van der Waals surface area contributed by atoms with Crippen LogP contribution in [0.2, 0.25) is 0 Å². The molecule has 0 fully saturated rings. The number of nitrogens with zero attached hydrogens (tertiary/aromatic N) is 3. The minimum absolute atomic E-state index is 0.0604. The van der Waals surface area contributed by atoms with Crippen molar-refractivity contribution in [1.29, 1.82) is 0 Å². The second-order valence-corrected chi connectivity index (χ2v) is 6.51. The van der Waals surface area contributed by atoms with E-state index in [0.717, 1.165) is 18.1 Å². The van der Waals surface area contributed by atoms with Crippen molar-refractivity contribution >= 4 is 11.7 Å². The number of benzene rings is 1. The zero-order valence-corrected chi connectivity index (χ0v) is 15.8. The molecule has 1 aromatic carbocycles. The summed E-state index contributed by atoms with van der Waals surface area (Å²) in [6.45, 7) is 5.09. The Kier molecular flexibility index (Phi) is 6.20. The summed E-state index contributed by atoms with van der Waals surface area (Å²) in [4.78, 5) is 20.8. The van der Waals surface area contributed by atoms with Crippen LogP contribution in [-0.4, -0.2) is 33.5 Å². The highest BCUT2D eigenvalue weighted by atomic mass is 16.1. The molecule has 0 aliphatic rings. The molecule has 6 nitrogen and oxygen atoms in total. The molecule has 1 amide bonds. The molecule has 0 aliphatic heterocycles. The first-order chi connectivity index (χ1) is 13.1. The first kappa shape index (κ1) is 18.6. The number of aromatic nitrogens is 3. The van der Waals surface area contributed by atoms with Crippen molar-refractivity contribution in [1.82, 2.24) is 19.9 Å². The van der Waals surface area contributed by atoms with Gasteiger partial charge in [0.25, 0.3) is 0 Å². The van der Waals surface area contributed by atoms with Crippen molar-refractivity contribution in [3.63, 3.8) is 0 Å². The molecule has 0 saturated heterocycles. The first-order valence-electron chi connectivity index (χ1n) is 9.15. The molecule has 2 aromatic heterocycles. The summed E-state index contributed by atoms with van der Waals surface area (Å²) in [6.07, 6.45) is 5.14. The summed E-state index contributed by atoms with van der Waals surface area (Å²) in [5.41, 5.74) is 2.41. The van der Waals surface area contributed by atoms with Gasteiger partial charge in [-0.1, -0.05) is 29.8 Å². The van der Waals surface area contributed by atoms with Crippen molar-refractivity contribution in [3.05, 3.63) is 71.8 Å². The number of nitrogens with one attached hydrogen (secondary N) is 2. The number of carbonyl (C=O) groups is 1. The van der Waals surface area contributed by atoms with E-state index in [0.29, 0.717) is 25.3 Å². The molecule has 0 atom stereocenters. The lowest BCUT2D eigenvalue weighted by atomic mass is 10.1. The summed E-state index contributed by atoms with van der Waals surface area (Å²) in [5.74, 6) is 2.33. The van der Waals surface area contributed by atoms with E-state index in [1.165, 1.54) is 11.1 Å². The summed E-state index contributed by atoms with van der Waals surface area (Å²) in [5, 5.41) is 6.19. The van der Waals surface area contributed by atoms with Crippen LogP contribution in [0.1, 0.15) is 23.4 Å². The van der Waals surface area contributed by atoms with Gasteiger partial charge in [0.15, 0.2) is 0 Å². The minimum atomic E-state index is 0.0604. The van der Waals surface area contributed by atoms with Crippen molar-refractivity contribution in [3.8, 4) is 5.82 Å². The van der Waals surface area contributed by atoms with Gasteiger partial charge in [-0.3, -0.25) is 4.79 Å². The van der Waals surface area contributed by atoms with Crippen molar-refractivity contribution in [2.75, 3.05) is 18.4 Å². The third-order valence-electron chi connectivity index (χ3n) is 4.17. The van der Waals surface area contributed by atoms with E-state index in [9.17, 15) is 4.79 Å². The maximum absolute atomic E-state index is 12.0. The molecule has 2 heterocycles. The summed E-state index contributed by atoms with van der Waals surface area (Å²) < 4.78 is 1.94. The van der Waals surface area contributed by atoms with Gasteiger partial charge < -0.3 is 15.2 Å². The molecule has 0 unspecified atom stereocenters. The van der Waals surface area contributed by atoms with E-state index in [1.54, 1.807) is 0 Å². The topological polar surface area (TPSA) is 71.8 Å². The zero-order valence-electron chi connectivity index (χ0n) is 15.8. The number of hydrogen-bond acceptors (Lipinski definition) is 4. The van der Waals surface area contributed by atoms with Gasteiger partial charge in [0.2, 0.25) is 5.91 Å². The van der Waals surface area contributed by atoms with Gasteiger partial charge in [-0.25, -0.2) is 9.97 Å². The maximum Gasteiger partial charge on any atom is 0.220 e. The second kappa shape index (κ2) is 8.98. The summed E-state index contributed by atoms with van der Waals surface area (Å²) >= 11 is 0. The van der Waals surface area contributed by atoms with Crippen LogP contribution < -0.4 is 10.6 Å². The molecule has 0 spiro atoms. The monoisotopic (exact) mass is 363 g/mol. The second-order valence-electron chi connectivity index (χ2n) is 6.51. The van der Waals surface area contributed by atoms with E-state index >= 15 is 0 Å². The minimum Gasteiger partial charge on any atom is -0.368 e. The van der Waals surface area contributed by atoms with Crippen LogP contribution in [0.4, 0.5) is 5.82 Å². The van der Waals surface area contributed by atoms with Gasteiger partial charge in [0.1, 0.15) is 17.5 Å². The van der Waals surface area contributed by atoms with E-state index in [4.69, 9.17) is 0 Å². The van der Waals surface area contributed by atoms with Gasteiger partial charge >= 0.3 is 0 Å². The van der Waals surface area contributed by atoms with E-state index < -0.39 is 0 Å². The average molecular weight is 363 g/mol. The van der Waals surface area contributed by atoms with Crippen LogP contribution in [0, 0.1) is 13.8 Å². The van der Waals surface area contributed by atoms with Crippen LogP contribution in [0.15, 0.2) is 54.9 Å². The lowest BCUT2D eigenvalue weighted by Gasteiger charge is -2.10. The molecule has 27 heavy (non-hydrogen) atoms. The standard InChI is InChI=1S/C21H25N5O/c1-16-6-5-7-18(14-16)8-9-21(27)23-11-10-22-19-15-20(25-17(2)24-19)26-12-3-4-13-26/h3-7,12-15H,8-11H2,1-2H3,(H,23,27)(H,22,24,25). The molecule has 0 radical (unpaired) electrons. The lowest BCUT2D eigenvalue weighted by molar-refractivity contribution is -0.120. The number of rotatable bonds is 8. The Morgan fingerprint density at radius 3 is 2.63 bits per heavy atom. The van der Waals surface area contributed by atoms with Crippen LogP contribution >= 0.6 is 0 Å². The third kappa shape index (κ3) is 5.67. The third-order valence-corrected chi connectivity index (χ3v) is 4.17. The molecule has 0 bridgehead atoms. The summed E-state index contributed by atoms with van der Waals surface area (Å²) in [6, 6.07) is 14.1. The van der Waals surface area contributed by atoms with Crippen molar-refractivity contribution in [2.45, 2.75) is 26.7 Å². The largest absolute Gasteiger partial charge is 0.368 e. The normalized spacial score (nSPS) is 10.6. The Morgan fingerprint density at radius 2 is 1.85 bits per heavy atom. The predicted octanol–water partition coefficient (Wildman–Crippen LogP) is 3.05. The van der Waals surface area contributed by atoms with Crippen LogP contribution in [0.25, 0.3) is 5.82 Å². The van der Waals surface area contributed by atoms with Crippen LogP contribution in [-0.2, 0) is 11.2 Å². The maximum atomic E-state index is 12.0. The van der Waals surface area contributed by atoms with Gasteiger partial charge in [-0.05, 0) is 38.0 Å². The smallest absolute Gasteiger partial charge is 0.220 e. The average Bonchev–Trinajstić information content (AvgIpc) is 3.18. The molecule has 3 aromatic rings. The highest BCUT2D eigenvalue weighted by Crippen LogP contribution is 2.11. The van der Waals surface area contributed by atoms with Crippen LogP contribution in [0.3, 0.4) is 0 Å².